The van der Waals surface area contributed by atoms with Gasteiger partial charge in [-0.25, -0.2) is 0 Å². The third-order valence-corrected chi connectivity index (χ3v) is 5.48. The van der Waals surface area contributed by atoms with Crippen molar-refractivity contribution in [3.05, 3.63) is 59.2 Å². The molecule has 6 heteroatoms. The largest absolute Gasteiger partial charge is 0.418 e. The third-order valence-electron chi connectivity index (χ3n) is 5.48. The number of halogens is 3. The third kappa shape index (κ3) is 3.03. The Bertz CT molecular complexity index is 789. The average Bonchev–Trinajstić information content (AvgIpc) is 2.92. The number of alkyl halides is 3. The van der Waals surface area contributed by atoms with Gasteiger partial charge in [-0.3, -0.25) is 0 Å². The molecule has 4 rings (SSSR count). The van der Waals surface area contributed by atoms with E-state index in [1.54, 1.807) is 7.05 Å². The molecule has 0 aliphatic carbocycles. The number of fused-ring (bicyclic) bond motifs is 3. The lowest BCUT2D eigenvalue weighted by Gasteiger charge is -2.31. The molecule has 0 bridgehead atoms. The molecule has 0 radical (unpaired) electrons. The van der Waals surface area contributed by atoms with Crippen LogP contribution in [0.5, 0.6) is 0 Å². The fourth-order valence-corrected chi connectivity index (χ4v) is 4.24. The molecule has 2 N–H and O–H groups in total. The van der Waals surface area contributed by atoms with Gasteiger partial charge in [0.15, 0.2) is 0 Å². The molecule has 26 heavy (non-hydrogen) atoms. The topological polar surface area (TPSA) is 27.3 Å². The smallest absolute Gasteiger partial charge is 0.381 e. The number of nitrogens with zero attached hydrogens (tertiary/aromatic N) is 1. The van der Waals surface area contributed by atoms with E-state index < -0.39 is 11.7 Å². The van der Waals surface area contributed by atoms with Gasteiger partial charge >= 0.3 is 6.18 Å². The Morgan fingerprint density at radius 2 is 1.96 bits per heavy atom. The van der Waals surface area contributed by atoms with Gasteiger partial charge in [0.2, 0.25) is 0 Å². The Hall–Kier alpha value is -2.21. The second kappa shape index (κ2) is 6.50. The SMILES string of the molecule is CN1c2c(cc(NCc3ccccc3)cc2C(F)(F)F)C2CNCCC21. The van der Waals surface area contributed by atoms with E-state index in [1.165, 1.54) is 6.07 Å². The number of rotatable bonds is 3. The zero-order chi connectivity index (χ0) is 18.3. The summed E-state index contributed by atoms with van der Waals surface area (Å²) in [5.41, 5.74) is 2.18. The molecule has 138 valence electrons. The molecule has 0 aromatic heterocycles. The van der Waals surface area contributed by atoms with E-state index in [2.05, 4.69) is 10.6 Å². The van der Waals surface area contributed by atoms with Crippen LogP contribution in [0.1, 0.15) is 29.0 Å². The highest BCUT2D eigenvalue weighted by atomic mass is 19.4. The van der Waals surface area contributed by atoms with E-state index in [9.17, 15) is 13.2 Å². The summed E-state index contributed by atoms with van der Waals surface area (Å²) in [4.78, 5) is 1.84. The van der Waals surface area contributed by atoms with E-state index >= 15 is 0 Å². The van der Waals surface area contributed by atoms with Crippen molar-refractivity contribution in [2.45, 2.75) is 31.1 Å². The highest BCUT2D eigenvalue weighted by Gasteiger charge is 2.45. The fourth-order valence-electron chi connectivity index (χ4n) is 4.24. The predicted octanol–water partition coefficient (Wildman–Crippen LogP) is 4.21. The highest BCUT2D eigenvalue weighted by molar-refractivity contribution is 5.72. The molecule has 2 aliphatic rings. The van der Waals surface area contributed by atoms with Crippen LogP contribution in [-0.2, 0) is 12.7 Å². The summed E-state index contributed by atoms with van der Waals surface area (Å²) in [5.74, 6) is 0.100. The molecule has 2 aromatic rings. The van der Waals surface area contributed by atoms with E-state index in [0.29, 0.717) is 17.9 Å². The van der Waals surface area contributed by atoms with Gasteiger partial charge in [-0.2, -0.15) is 13.2 Å². The zero-order valence-corrected chi connectivity index (χ0v) is 14.6. The van der Waals surface area contributed by atoms with Crippen molar-refractivity contribution in [1.29, 1.82) is 0 Å². The van der Waals surface area contributed by atoms with Gasteiger partial charge in [0, 0.05) is 37.8 Å². The zero-order valence-electron chi connectivity index (χ0n) is 14.6. The quantitative estimate of drug-likeness (QED) is 0.857. The second-order valence-corrected chi connectivity index (χ2v) is 7.08. The lowest BCUT2D eigenvalue weighted by molar-refractivity contribution is -0.137. The molecular formula is C20H22F3N3. The van der Waals surface area contributed by atoms with Crippen LogP contribution in [0, 0.1) is 0 Å². The first-order valence-electron chi connectivity index (χ1n) is 8.91. The Balaban J connectivity index is 1.71. The monoisotopic (exact) mass is 361 g/mol. The van der Waals surface area contributed by atoms with E-state index in [4.69, 9.17) is 0 Å². The fraction of sp³-hybridized carbons (Fsp3) is 0.400. The van der Waals surface area contributed by atoms with Crippen LogP contribution in [0.4, 0.5) is 24.5 Å². The van der Waals surface area contributed by atoms with Crippen LogP contribution >= 0.6 is 0 Å². The van der Waals surface area contributed by atoms with Crippen LogP contribution in [0.2, 0.25) is 0 Å². The average molecular weight is 361 g/mol. The van der Waals surface area contributed by atoms with Gasteiger partial charge < -0.3 is 15.5 Å². The first-order chi connectivity index (χ1) is 12.4. The van der Waals surface area contributed by atoms with E-state index in [1.807, 2.05) is 41.3 Å². The minimum Gasteiger partial charge on any atom is -0.381 e. The van der Waals surface area contributed by atoms with Crippen LogP contribution < -0.4 is 15.5 Å². The van der Waals surface area contributed by atoms with Crippen LogP contribution in [0.15, 0.2) is 42.5 Å². The van der Waals surface area contributed by atoms with Crippen LogP contribution in [0.3, 0.4) is 0 Å². The molecule has 1 fully saturated rings. The number of benzene rings is 2. The van der Waals surface area contributed by atoms with Crippen molar-refractivity contribution >= 4 is 11.4 Å². The number of nitrogens with one attached hydrogen (secondary N) is 2. The molecule has 3 nitrogen and oxygen atoms in total. The van der Waals surface area contributed by atoms with Crippen molar-refractivity contribution in [2.24, 2.45) is 0 Å². The van der Waals surface area contributed by atoms with Gasteiger partial charge in [-0.15, -0.1) is 0 Å². The molecule has 0 amide bonds. The Kier molecular flexibility index (Phi) is 4.31. The molecule has 2 unspecified atom stereocenters. The number of piperidine rings is 1. The van der Waals surface area contributed by atoms with Gasteiger partial charge in [-0.05, 0) is 36.2 Å². The second-order valence-electron chi connectivity index (χ2n) is 7.08. The summed E-state index contributed by atoms with van der Waals surface area (Å²) in [6, 6.07) is 13.0. The van der Waals surface area contributed by atoms with E-state index in [-0.39, 0.29) is 12.0 Å². The summed E-state index contributed by atoms with van der Waals surface area (Å²) >= 11 is 0. The molecule has 0 spiro atoms. The number of likely N-dealkylation sites (N-methyl/N-ethyl adjacent to an activating group) is 1. The van der Waals surface area contributed by atoms with Gasteiger partial charge in [0.1, 0.15) is 0 Å². The predicted molar refractivity (Wildman–Crippen MR) is 97.6 cm³/mol. The maximum Gasteiger partial charge on any atom is 0.418 e. The van der Waals surface area contributed by atoms with E-state index in [0.717, 1.165) is 30.6 Å². The lowest BCUT2D eigenvalue weighted by Crippen LogP contribution is -2.42. The molecule has 2 aliphatic heterocycles. The Labute approximate surface area is 151 Å². The molecule has 1 saturated heterocycles. The van der Waals surface area contributed by atoms with Gasteiger partial charge in [0.25, 0.3) is 0 Å². The maximum atomic E-state index is 13.8. The van der Waals surface area contributed by atoms with Crippen molar-refractivity contribution < 1.29 is 13.2 Å². The van der Waals surface area contributed by atoms with Gasteiger partial charge in [-0.1, -0.05) is 30.3 Å². The summed E-state index contributed by atoms with van der Waals surface area (Å²) < 4.78 is 41.3. The Morgan fingerprint density at radius 3 is 2.69 bits per heavy atom. The lowest BCUT2D eigenvalue weighted by atomic mass is 9.89. The minimum absolute atomic E-state index is 0.100. The number of hydrogen-bond acceptors (Lipinski definition) is 3. The molecule has 2 atom stereocenters. The Morgan fingerprint density at radius 1 is 1.19 bits per heavy atom. The summed E-state index contributed by atoms with van der Waals surface area (Å²) in [7, 11) is 1.79. The van der Waals surface area contributed by atoms with Crippen molar-refractivity contribution in [2.75, 3.05) is 30.4 Å². The molecule has 2 aromatic carbocycles. The van der Waals surface area contributed by atoms with Crippen molar-refractivity contribution in [3.8, 4) is 0 Å². The molecular weight excluding hydrogens is 339 g/mol. The maximum absolute atomic E-state index is 13.8. The standard InChI is InChI=1S/C20H22F3N3/c1-26-18-7-8-24-12-16(18)15-9-14(10-17(19(15)26)20(21,22)23)25-11-13-5-3-2-4-6-13/h2-6,9-10,16,18,24-25H,7-8,11-12H2,1H3. The molecule has 2 heterocycles. The van der Waals surface area contributed by atoms with Crippen LogP contribution in [-0.4, -0.2) is 26.2 Å². The van der Waals surface area contributed by atoms with Crippen LogP contribution in [0.25, 0.3) is 0 Å². The van der Waals surface area contributed by atoms with Crippen molar-refractivity contribution in [1.82, 2.24) is 5.32 Å². The minimum atomic E-state index is -4.37. The van der Waals surface area contributed by atoms with Crippen molar-refractivity contribution in [3.63, 3.8) is 0 Å². The summed E-state index contributed by atoms with van der Waals surface area (Å²) in [6.45, 7) is 2.07. The number of anilines is 2. The molecule has 0 saturated carbocycles. The summed E-state index contributed by atoms with van der Waals surface area (Å²) in [6.07, 6.45) is -3.51. The number of hydrogen-bond donors (Lipinski definition) is 2. The normalized spacial score (nSPS) is 22.1. The van der Waals surface area contributed by atoms with Gasteiger partial charge in [0.05, 0.1) is 11.3 Å². The first-order valence-corrected chi connectivity index (χ1v) is 8.91. The summed E-state index contributed by atoms with van der Waals surface area (Å²) in [5, 5.41) is 6.50. The first kappa shape index (κ1) is 17.2. The highest BCUT2D eigenvalue weighted by Crippen LogP contribution is 2.49.